The Balaban J connectivity index is 4.44. The van der Waals surface area contributed by atoms with E-state index in [4.69, 9.17) is 9.47 Å². The third-order valence-corrected chi connectivity index (χ3v) is 2.27. The van der Waals surface area contributed by atoms with Gasteiger partial charge in [0.25, 0.3) is 0 Å². The number of hydrogen-bond donors (Lipinski definition) is 2. The maximum atomic E-state index is 10.8. The lowest BCUT2D eigenvalue weighted by Crippen LogP contribution is -2.47. The molecular formula is C11H20O7. The number of ether oxygens (including phenoxy) is 3. The number of carbonyl (C=O) groups is 2. The summed E-state index contributed by atoms with van der Waals surface area (Å²) >= 11 is 0. The van der Waals surface area contributed by atoms with Crippen LogP contribution in [-0.2, 0) is 23.8 Å². The molecule has 0 fully saturated rings. The second-order valence-electron chi connectivity index (χ2n) is 3.88. The summed E-state index contributed by atoms with van der Waals surface area (Å²) in [7, 11) is 1.31. The minimum atomic E-state index is -1.34. The Kier molecular flexibility index (Phi) is 7.49. The van der Waals surface area contributed by atoms with Crippen LogP contribution in [0.5, 0.6) is 0 Å². The van der Waals surface area contributed by atoms with Crippen molar-refractivity contribution in [2.24, 2.45) is 0 Å². The highest BCUT2D eigenvalue weighted by atomic mass is 16.6. The molecule has 0 unspecified atom stereocenters. The number of aliphatic hydroxyl groups excluding tert-OH is 2. The Morgan fingerprint density at radius 1 is 1.17 bits per heavy atom. The highest BCUT2D eigenvalue weighted by Gasteiger charge is 2.33. The first-order chi connectivity index (χ1) is 8.29. The fourth-order valence-corrected chi connectivity index (χ4v) is 1.46. The maximum Gasteiger partial charge on any atom is 0.302 e. The van der Waals surface area contributed by atoms with Crippen molar-refractivity contribution in [1.29, 1.82) is 0 Å². The van der Waals surface area contributed by atoms with Crippen LogP contribution in [0.3, 0.4) is 0 Å². The summed E-state index contributed by atoms with van der Waals surface area (Å²) in [6.45, 7) is 3.58. The Bertz CT molecular complexity index is 279. The van der Waals surface area contributed by atoms with Gasteiger partial charge in [-0.05, 0) is 6.92 Å². The molecule has 0 saturated heterocycles. The van der Waals surface area contributed by atoms with Crippen LogP contribution < -0.4 is 0 Å². The average Bonchev–Trinajstić information content (AvgIpc) is 2.25. The van der Waals surface area contributed by atoms with Gasteiger partial charge in [-0.3, -0.25) is 9.59 Å². The van der Waals surface area contributed by atoms with Crippen LogP contribution >= 0.6 is 0 Å². The van der Waals surface area contributed by atoms with Crippen LogP contribution in [0.2, 0.25) is 0 Å². The third-order valence-electron chi connectivity index (χ3n) is 2.27. The first-order valence-electron chi connectivity index (χ1n) is 5.49. The average molecular weight is 264 g/mol. The van der Waals surface area contributed by atoms with Crippen LogP contribution in [0.4, 0.5) is 0 Å². The van der Waals surface area contributed by atoms with E-state index in [1.807, 2.05) is 0 Å². The van der Waals surface area contributed by atoms with E-state index < -0.39 is 36.4 Å². The molecule has 0 radical (unpaired) electrons. The van der Waals surface area contributed by atoms with E-state index in [9.17, 15) is 19.8 Å². The van der Waals surface area contributed by atoms with Gasteiger partial charge in [-0.15, -0.1) is 0 Å². The van der Waals surface area contributed by atoms with E-state index in [-0.39, 0.29) is 6.61 Å². The summed E-state index contributed by atoms with van der Waals surface area (Å²) in [6.07, 6.45) is -4.32. The lowest BCUT2D eigenvalue weighted by Gasteiger charge is -2.29. The van der Waals surface area contributed by atoms with Gasteiger partial charge in [-0.1, -0.05) is 0 Å². The number of methoxy groups -OCH3 is 1. The van der Waals surface area contributed by atoms with Gasteiger partial charge < -0.3 is 24.4 Å². The number of carbonyl (C=O) groups excluding carboxylic acids is 2. The van der Waals surface area contributed by atoms with Gasteiger partial charge in [-0.25, -0.2) is 0 Å². The van der Waals surface area contributed by atoms with Gasteiger partial charge >= 0.3 is 11.9 Å². The van der Waals surface area contributed by atoms with Crippen LogP contribution in [0.15, 0.2) is 0 Å². The first kappa shape index (κ1) is 16.8. The van der Waals surface area contributed by atoms with E-state index in [1.165, 1.54) is 27.9 Å². The minimum absolute atomic E-state index is 0.358. The van der Waals surface area contributed by atoms with Crippen molar-refractivity contribution in [2.45, 2.75) is 45.2 Å². The second kappa shape index (κ2) is 8.02. The molecular weight excluding hydrogens is 244 g/mol. The van der Waals surface area contributed by atoms with Crippen LogP contribution in [-0.4, -0.2) is 60.3 Å². The summed E-state index contributed by atoms with van der Waals surface area (Å²) in [4.78, 5) is 21.4. The first-order valence-corrected chi connectivity index (χ1v) is 5.49. The predicted octanol–water partition coefficient (Wildman–Crippen LogP) is -0.762. The summed E-state index contributed by atoms with van der Waals surface area (Å²) < 4.78 is 14.4. The topological polar surface area (TPSA) is 102 Å². The molecule has 2 N–H and O–H groups in total. The van der Waals surface area contributed by atoms with E-state index in [0.717, 1.165) is 0 Å². The summed E-state index contributed by atoms with van der Waals surface area (Å²) in [5, 5.41) is 19.4. The highest BCUT2D eigenvalue weighted by Crippen LogP contribution is 2.12. The summed E-state index contributed by atoms with van der Waals surface area (Å²) in [6, 6.07) is 0. The van der Waals surface area contributed by atoms with Gasteiger partial charge in [0.15, 0.2) is 0 Å². The quantitative estimate of drug-likeness (QED) is 0.582. The molecule has 7 heteroatoms. The van der Waals surface area contributed by atoms with Crippen LogP contribution in [0, 0.1) is 0 Å². The normalized spacial score (nSPS) is 17.4. The van der Waals surface area contributed by atoms with E-state index in [2.05, 4.69) is 4.74 Å². The molecule has 0 amide bonds. The van der Waals surface area contributed by atoms with Crippen molar-refractivity contribution in [1.82, 2.24) is 0 Å². The van der Waals surface area contributed by atoms with Crippen molar-refractivity contribution < 1.29 is 34.0 Å². The molecule has 0 heterocycles. The molecule has 0 bridgehead atoms. The zero-order valence-corrected chi connectivity index (χ0v) is 11.0. The molecule has 106 valence electrons. The molecule has 7 nitrogen and oxygen atoms in total. The fraction of sp³-hybridized carbons (Fsp3) is 0.818. The van der Waals surface area contributed by atoms with Crippen molar-refractivity contribution >= 4 is 11.9 Å². The van der Waals surface area contributed by atoms with Gasteiger partial charge in [0, 0.05) is 21.0 Å². The lowest BCUT2D eigenvalue weighted by molar-refractivity contribution is -0.168. The zero-order chi connectivity index (χ0) is 14.3. The molecule has 0 aromatic rings. The summed E-state index contributed by atoms with van der Waals surface area (Å²) in [5.74, 6) is -1.09. The van der Waals surface area contributed by atoms with Crippen molar-refractivity contribution in [3.05, 3.63) is 0 Å². The predicted molar refractivity (Wildman–Crippen MR) is 60.7 cm³/mol. The largest absolute Gasteiger partial charge is 0.463 e. The Labute approximate surface area is 106 Å². The van der Waals surface area contributed by atoms with E-state index >= 15 is 0 Å². The molecule has 0 rings (SSSR count). The lowest BCUT2D eigenvalue weighted by atomic mass is 10.0. The maximum absolute atomic E-state index is 10.8. The molecule has 0 aliphatic heterocycles. The molecule has 0 aliphatic carbocycles. The Hall–Kier alpha value is -1.18. The van der Waals surface area contributed by atoms with Crippen LogP contribution in [0.25, 0.3) is 0 Å². The molecule has 0 saturated carbocycles. The van der Waals surface area contributed by atoms with Gasteiger partial charge in [0.1, 0.15) is 31.0 Å². The molecule has 4 atom stereocenters. The van der Waals surface area contributed by atoms with Crippen molar-refractivity contribution in [2.75, 3.05) is 13.7 Å². The molecule has 0 aromatic carbocycles. The number of rotatable bonds is 7. The summed E-state index contributed by atoms with van der Waals surface area (Å²) in [5.41, 5.74) is 0. The molecule has 0 aliphatic rings. The third kappa shape index (κ3) is 5.95. The van der Waals surface area contributed by atoms with E-state index in [1.54, 1.807) is 0 Å². The molecule has 18 heavy (non-hydrogen) atoms. The van der Waals surface area contributed by atoms with Crippen LogP contribution in [0.1, 0.15) is 20.8 Å². The second-order valence-corrected chi connectivity index (χ2v) is 3.88. The Morgan fingerprint density at radius 2 is 1.72 bits per heavy atom. The minimum Gasteiger partial charge on any atom is -0.463 e. The zero-order valence-electron chi connectivity index (χ0n) is 11.0. The fourth-order valence-electron chi connectivity index (χ4n) is 1.46. The van der Waals surface area contributed by atoms with E-state index in [0.29, 0.717) is 0 Å². The molecule has 0 spiro atoms. The number of esters is 2. The van der Waals surface area contributed by atoms with Gasteiger partial charge in [0.05, 0.1) is 0 Å². The van der Waals surface area contributed by atoms with Gasteiger partial charge in [0.2, 0.25) is 0 Å². The van der Waals surface area contributed by atoms with Crippen molar-refractivity contribution in [3.8, 4) is 0 Å². The van der Waals surface area contributed by atoms with Gasteiger partial charge in [-0.2, -0.15) is 0 Å². The van der Waals surface area contributed by atoms with Crippen molar-refractivity contribution in [3.63, 3.8) is 0 Å². The smallest absolute Gasteiger partial charge is 0.302 e. The number of aliphatic hydroxyl groups is 2. The highest BCUT2D eigenvalue weighted by molar-refractivity contribution is 5.66. The standard InChI is InChI=1S/C11H20O7/c1-6(18-8(3)13)11(16-4)10(15)9(14)5-17-7(2)12/h6,9-11,14-15H,5H2,1-4H3/t6-,9+,10-,11+/m1/s1. The monoisotopic (exact) mass is 264 g/mol. The molecule has 0 aromatic heterocycles. The number of hydrogen-bond acceptors (Lipinski definition) is 7. The SMILES string of the molecule is CO[C@H]([C@H](O)[C@@H](O)COC(C)=O)[C@@H](C)OC(C)=O. The Morgan fingerprint density at radius 3 is 2.11 bits per heavy atom.